The average Bonchev–Trinajstić information content (AvgIpc) is 3.02. The summed E-state index contributed by atoms with van der Waals surface area (Å²) in [5.74, 6) is 0.463. The Balaban J connectivity index is 1.84. The van der Waals surface area contributed by atoms with Gasteiger partial charge >= 0.3 is 6.03 Å². The summed E-state index contributed by atoms with van der Waals surface area (Å²) in [4.78, 5) is 22.9. The summed E-state index contributed by atoms with van der Waals surface area (Å²) in [5, 5.41) is 7.62. The second-order valence-corrected chi connectivity index (χ2v) is 5.48. The van der Waals surface area contributed by atoms with Crippen LogP contribution in [0, 0.1) is 0 Å². The standard InChI is InChI=1S/C16H23N3O3/c1-11(15(20)19-16(21)17-2)18-12-7-9-14(10-8-12)22-13-5-3-4-6-13/h7-11,13,18H,3-6H2,1-2H3,(H2,17,19,20,21)/t11-/m0/s1. The van der Waals surface area contributed by atoms with Gasteiger partial charge in [-0.05, 0) is 56.9 Å². The van der Waals surface area contributed by atoms with Crippen LogP contribution in [0.5, 0.6) is 5.75 Å². The van der Waals surface area contributed by atoms with E-state index in [9.17, 15) is 9.59 Å². The van der Waals surface area contributed by atoms with E-state index >= 15 is 0 Å². The highest BCUT2D eigenvalue weighted by atomic mass is 16.5. The lowest BCUT2D eigenvalue weighted by atomic mass is 10.2. The van der Waals surface area contributed by atoms with E-state index in [1.54, 1.807) is 6.92 Å². The number of carbonyl (C=O) groups excluding carboxylic acids is 2. The topological polar surface area (TPSA) is 79.5 Å². The Morgan fingerprint density at radius 3 is 2.41 bits per heavy atom. The molecule has 22 heavy (non-hydrogen) atoms. The van der Waals surface area contributed by atoms with Crippen molar-refractivity contribution in [2.75, 3.05) is 12.4 Å². The summed E-state index contributed by atoms with van der Waals surface area (Å²) >= 11 is 0. The van der Waals surface area contributed by atoms with E-state index in [1.807, 2.05) is 24.3 Å². The summed E-state index contributed by atoms with van der Waals surface area (Å²) in [6.45, 7) is 1.70. The molecular weight excluding hydrogens is 282 g/mol. The molecule has 0 aromatic heterocycles. The summed E-state index contributed by atoms with van der Waals surface area (Å²) in [6.07, 6.45) is 5.05. The first-order valence-electron chi connectivity index (χ1n) is 7.64. The lowest BCUT2D eigenvalue weighted by Crippen LogP contribution is -2.44. The molecule has 0 bridgehead atoms. The fraction of sp³-hybridized carbons (Fsp3) is 0.500. The first-order valence-corrected chi connectivity index (χ1v) is 7.64. The van der Waals surface area contributed by atoms with Crippen molar-refractivity contribution in [3.63, 3.8) is 0 Å². The molecule has 0 radical (unpaired) electrons. The monoisotopic (exact) mass is 305 g/mol. The van der Waals surface area contributed by atoms with Gasteiger partial charge in [-0.2, -0.15) is 0 Å². The van der Waals surface area contributed by atoms with E-state index in [4.69, 9.17) is 4.74 Å². The molecule has 120 valence electrons. The first-order chi connectivity index (χ1) is 10.6. The van der Waals surface area contributed by atoms with Gasteiger partial charge in [-0.25, -0.2) is 4.79 Å². The van der Waals surface area contributed by atoms with Crippen LogP contribution < -0.4 is 20.7 Å². The van der Waals surface area contributed by atoms with Crippen LogP contribution in [0.25, 0.3) is 0 Å². The second-order valence-electron chi connectivity index (χ2n) is 5.48. The largest absolute Gasteiger partial charge is 0.490 e. The van der Waals surface area contributed by atoms with Crippen LogP contribution in [-0.2, 0) is 4.79 Å². The van der Waals surface area contributed by atoms with E-state index < -0.39 is 12.1 Å². The average molecular weight is 305 g/mol. The third-order valence-corrected chi connectivity index (χ3v) is 3.70. The Morgan fingerprint density at radius 2 is 1.82 bits per heavy atom. The Bertz CT molecular complexity index is 510. The van der Waals surface area contributed by atoms with E-state index in [0.717, 1.165) is 24.3 Å². The minimum absolute atomic E-state index is 0.330. The second kappa shape index (κ2) is 7.68. The highest BCUT2D eigenvalue weighted by Gasteiger charge is 2.17. The number of rotatable bonds is 5. The van der Waals surface area contributed by atoms with Crippen LogP contribution in [0.4, 0.5) is 10.5 Å². The van der Waals surface area contributed by atoms with Gasteiger partial charge in [-0.1, -0.05) is 0 Å². The molecule has 1 aliphatic rings. The SMILES string of the molecule is CNC(=O)NC(=O)[C@H](C)Nc1ccc(OC2CCCC2)cc1. The van der Waals surface area contributed by atoms with Crippen LogP contribution >= 0.6 is 0 Å². The van der Waals surface area contributed by atoms with E-state index in [1.165, 1.54) is 19.9 Å². The smallest absolute Gasteiger partial charge is 0.321 e. The molecule has 2 rings (SSSR count). The zero-order valence-electron chi connectivity index (χ0n) is 13.0. The van der Waals surface area contributed by atoms with Gasteiger partial charge in [-0.15, -0.1) is 0 Å². The van der Waals surface area contributed by atoms with Crippen LogP contribution in [-0.4, -0.2) is 31.1 Å². The zero-order valence-corrected chi connectivity index (χ0v) is 13.0. The number of hydrogen-bond donors (Lipinski definition) is 3. The predicted molar refractivity (Wildman–Crippen MR) is 85.0 cm³/mol. The third-order valence-electron chi connectivity index (χ3n) is 3.70. The van der Waals surface area contributed by atoms with Crippen molar-refractivity contribution in [2.45, 2.75) is 44.8 Å². The van der Waals surface area contributed by atoms with Crippen molar-refractivity contribution >= 4 is 17.6 Å². The molecule has 6 heteroatoms. The van der Waals surface area contributed by atoms with Gasteiger partial charge in [0.05, 0.1) is 6.10 Å². The molecule has 0 aliphatic heterocycles. The molecule has 0 saturated heterocycles. The molecule has 1 aliphatic carbocycles. The Hall–Kier alpha value is -2.24. The number of imide groups is 1. The normalized spacial score (nSPS) is 15.9. The molecule has 3 amide bonds. The number of ether oxygens (including phenoxy) is 1. The van der Waals surface area contributed by atoms with Crippen molar-refractivity contribution in [1.29, 1.82) is 0 Å². The van der Waals surface area contributed by atoms with Gasteiger partial charge in [0, 0.05) is 12.7 Å². The van der Waals surface area contributed by atoms with Crippen LogP contribution in [0.2, 0.25) is 0 Å². The van der Waals surface area contributed by atoms with Gasteiger partial charge in [-0.3, -0.25) is 10.1 Å². The maximum absolute atomic E-state index is 11.8. The predicted octanol–water partition coefficient (Wildman–Crippen LogP) is 2.26. The number of amides is 3. The third kappa shape index (κ3) is 4.65. The molecule has 1 aromatic carbocycles. The van der Waals surface area contributed by atoms with Crippen molar-refractivity contribution in [3.8, 4) is 5.75 Å². The van der Waals surface area contributed by atoms with Crippen LogP contribution in [0.3, 0.4) is 0 Å². The molecule has 1 aromatic rings. The summed E-state index contributed by atoms with van der Waals surface area (Å²) < 4.78 is 5.89. The number of nitrogens with one attached hydrogen (secondary N) is 3. The maximum atomic E-state index is 11.8. The number of hydrogen-bond acceptors (Lipinski definition) is 4. The lowest BCUT2D eigenvalue weighted by Gasteiger charge is -2.16. The zero-order chi connectivity index (χ0) is 15.9. The fourth-order valence-electron chi connectivity index (χ4n) is 2.43. The molecule has 0 spiro atoms. The number of benzene rings is 1. The minimum Gasteiger partial charge on any atom is -0.490 e. The van der Waals surface area contributed by atoms with Gasteiger partial charge in [0.15, 0.2) is 0 Å². The Morgan fingerprint density at radius 1 is 1.18 bits per heavy atom. The molecule has 0 heterocycles. The molecular formula is C16H23N3O3. The van der Waals surface area contributed by atoms with E-state index in [-0.39, 0.29) is 5.91 Å². The number of carbonyl (C=O) groups is 2. The summed E-state index contributed by atoms with van der Waals surface area (Å²) in [6, 6.07) is 6.49. The Labute approximate surface area is 130 Å². The highest BCUT2D eigenvalue weighted by molar-refractivity contribution is 5.97. The highest BCUT2D eigenvalue weighted by Crippen LogP contribution is 2.25. The first kappa shape index (κ1) is 16.1. The van der Waals surface area contributed by atoms with Crippen molar-refractivity contribution in [2.24, 2.45) is 0 Å². The molecule has 6 nitrogen and oxygen atoms in total. The summed E-state index contributed by atoms with van der Waals surface area (Å²) in [5.41, 5.74) is 0.804. The van der Waals surface area contributed by atoms with Gasteiger partial charge < -0.3 is 15.4 Å². The van der Waals surface area contributed by atoms with Crippen LogP contribution in [0.15, 0.2) is 24.3 Å². The maximum Gasteiger partial charge on any atom is 0.321 e. The molecule has 1 atom stereocenters. The van der Waals surface area contributed by atoms with Crippen molar-refractivity contribution in [3.05, 3.63) is 24.3 Å². The lowest BCUT2D eigenvalue weighted by molar-refractivity contribution is -0.120. The minimum atomic E-state index is -0.515. The summed E-state index contributed by atoms with van der Waals surface area (Å²) in [7, 11) is 1.46. The van der Waals surface area contributed by atoms with Gasteiger partial charge in [0.1, 0.15) is 11.8 Å². The quantitative estimate of drug-likeness (QED) is 0.779. The molecule has 3 N–H and O–H groups in total. The van der Waals surface area contributed by atoms with Gasteiger partial charge in [0.25, 0.3) is 0 Å². The fourth-order valence-corrected chi connectivity index (χ4v) is 2.43. The Kier molecular flexibility index (Phi) is 5.63. The van der Waals surface area contributed by atoms with Crippen molar-refractivity contribution in [1.82, 2.24) is 10.6 Å². The van der Waals surface area contributed by atoms with Crippen molar-refractivity contribution < 1.29 is 14.3 Å². The molecule has 0 unspecified atom stereocenters. The van der Waals surface area contributed by atoms with Crippen LogP contribution in [0.1, 0.15) is 32.6 Å². The molecule has 1 fully saturated rings. The number of anilines is 1. The van der Waals surface area contributed by atoms with E-state index in [0.29, 0.717) is 6.10 Å². The number of urea groups is 1. The molecule has 1 saturated carbocycles. The van der Waals surface area contributed by atoms with Gasteiger partial charge in [0.2, 0.25) is 5.91 Å². The van der Waals surface area contributed by atoms with E-state index in [2.05, 4.69) is 16.0 Å².